The molecular weight excluding hydrogens is 216 g/mol. The van der Waals surface area contributed by atoms with Crippen LogP contribution in [-0.4, -0.2) is 18.1 Å². The Morgan fingerprint density at radius 3 is 3.12 bits per heavy atom. The van der Waals surface area contributed by atoms with Crippen LogP contribution in [0.15, 0.2) is 24.4 Å². The van der Waals surface area contributed by atoms with E-state index in [0.29, 0.717) is 0 Å². The van der Waals surface area contributed by atoms with Gasteiger partial charge >= 0.3 is 0 Å². The van der Waals surface area contributed by atoms with Crippen molar-refractivity contribution in [3.8, 4) is 0 Å². The lowest BCUT2D eigenvalue weighted by Gasteiger charge is -2.11. The van der Waals surface area contributed by atoms with E-state index < -0.39 is 0 Å². The molecule has 0 saturated heterocycles. The Morgan fingerprint density at radius 2 is 2.38 bits per heavy atom. The summed E-state index contributed by atoms with van der Waals surface area (Å²) in [7, 11) is 0. The Morgan fingerprint density at radius 1 is 1.44 bits per heavy atom. The lowest BCUT2D eigenvalue weighted by molar-refractivity contribution is 0.739. The fourth-order valence-corrected chi connectivity index (χ4v) is 3.22. The van der Waals surface area contributed by atoms with Crippen LogP contribution in [-0.2, 0) is 0 Å². The maximum absolute atomic E-state index is 4.43. The Hall–Kier alpha value is -1.19. The molecule has 2 aromatic heterocycles. The average molecular weight is 230 g/mol. The highest BCUT2D eigenvalue weighted by atomic mass is 32.1. The number of pyridine rings is 1. The summed E-state index contributed by atoms with van der Waals surface area (Å²) in [5.74, 6) is 0. The summed E-state index contributed by atoms with van der Waals surface area (Å²) >= 11 is 1.87. The molecule has 2 aromatic rings. The molecule has 0 unspecified atom stereocenters. The summed E-state index contributed by atoms with van der Waals surface area (Å²) in [6.45, 7) is 4.24. The van der Waals surface area contributed by atoms with Gasteiger partial charge in [0.15, 0.2) is 0 Å². The van der Waals surface area contributed by atoms with Gasteiger partial charge in [-0.05, 0) is 43.2 Å². The van der Waals surface area contributed by atoms with E-state index in [2.05, 4.69) is 35.4 Å². The Bertz CT molecular complexity index is 554. The van der Waals surface area contributed by atoms with Gasteiger partial charge in [-0.2, -0.15) is 0 Å². The highest BCUT2D eigenvalue weighted by Gasteiger charge is 2.10. The molecule has 1 aliphatic rings. The summed E-state index contributed by atoms with van der Waals surface area (Å²) in [6, 6.07) is 4.31. The van der Waals surface area contributed by atoms with Crippen LogP contribution in [0.2, 0.25) is 0 Å². The molecule has 16 heavy (non-hydrogen) atoms. The first-order valence-corrected chi connectivity index (χ1v) is 6.41. The predicted molar refractivity (Wildman–Crippen MR) is 69.8 cm³/mol. The summed E-state index contributed by atoms with van der Waals surface area (Å²) < 4.78 is 1.33. The highest BCUT2D eigenvalue weighted by molar-refractivity contribution is 7.20. The lowest BCUT2D eigenvalue weighted by atomic mass is 10.1. The summed E-state index contributed by atoms with van der Waals surface area (Å²) in [4.78, 5) is 5.81. The molecule has 3 heterocycles. The molecule has 1 N–H and O–H groups in total. The van der Waals surface area contributed by atoms with Gasteiger partial charge in [0, 0.05) is 17.6 Å². The molecule has 2 nitrogen and oxygen atoms in total. The second-order valence-corrected chi connectivity index (χ2v) is 5.19. The Balaban J connectivity index is 2.11. The van der Waals surface area contributed by atoms with Gasteiger partial charge in [0.1, 0.15) is 0 Å². The fourth-order valence-electron chi connectivity index (χ4n) is 2.07. The van der Waals surface area contributed by atoms with Gasteiger partial charge in [0.25, 0.3) is 0 Å². The van der Waals surface area contributed by atoms with Crippen molar-refractivity contribution in [1.82, 2.24) is 10.3 Å². The number of aromatic nitrogens is 1. The van der Waals surface area contributed by atoms with E-state index in [-0.39, 0.29) is 0 Å². The lowest BCUT2D eigenvalue weighted by Crippen LogP contribution is -2.19. The predicted octanol–water partition coefficient (Wildman–Crippen LogP) is 2.98. The van der Waals surface area contributed by atoms with Crippen LogP contribution in [0, 0.1) is 6.92 Å². The first-order valence-electron chi connectivity index (χ1n) is 5.60. The maximum Gasteiger partial charge on any atom is 0.0818 e. The van der Waals surface area contributed by atoms with Crippen molar-refractivity contribution >= 4 is 27.1 Å². The minimum Gasteiger partial charge on any atom is -0.313 e. The molecule has 0 aromatic carbocycles. The molecule has 0 radical (unpaired) electrons. The van der Waals surface area contributed by atoms with Gasteiger partial charge in [-0.25, -0.2) is 0 Å². The SMILES string of the molecule is Cc1ccnc2cc(C3=CCNCC3)sc12. The van der Waals surface area contributed by atoms with Crippen molar-refractivity contribution in [3.63, 3.8) is 0 Å². The van der Waals surface area contributed by atoms with Gasteiger partial charge in [-0.1, -0.05) is 6.08 Å². The van der Waals surface area contributed by atoms with Crippen LogP contribution >= 0.6 is 11.3 Å². The number of nitrogens with one attached hydrogen (secondary N) is 1. The second-order valence-electron chi connectivity index (χ2n) is 4.14. The van der Waals surface area contributed by atoms with Crippen LogP contribution in [0.4, 0.5) is 0 Å². The van der Waals surface area contributed by atoms with Crippen molar-refractivity contribution in [2.24, 2.45) is 0 Å². The van der Waals surface area contributed by atoms with Crippen molar-refractivity contribution in [1.29, 1.82) is 0 Å². The summed E-state index contributed by atoms with van der Waals surface area (Å²) in [6.07, 6.45) is 5.32. The number of fused-ring (bicyclic) bond motifs is 1. The minimum atomic E-state index is 0.996. The molecular formula is C13H14N2S. The van der Waals surface area contributed by atoms with Crippen LogP contribution in [0.5, 0.6) is 0 Å². The molecule has 0 aliphatic carbocycles. The van der Waals surface area contributed by atoms with Gasteiger partial charge in [0.05, 0.1) is 10.2 Å². The third kappa shape index (κ3) is 1.66. The van der Waals surface area contributed by atoms with Crippen LogP contribution < -0.4 is 5.32 Å². The van der Waals surface area contributed by atoms with E-state index in [1.54, 1.807) is 0 Å². The van der Waals surface area contributed by atoms with Gasteiger partial charge in [-0.3, -0.25) is 4.98 Å². The van der Waals surface area contributed by atoms with E-state index >= 15 is 0 Å². The molecule has 3 heteroatoms. The van der Waals surface area contributed by atoms with Gasteiger partial charge in [0.2, 0.25) is 0 Å². The van der Waals surface area contributed by atoms with Crippen molar-refractivity contribution in [2.75, 3.05) is 13.1 Å². The van der Waals surface area contributed by atoms with Crippen LogP contribution in [0.3, 0.4) is 0 Å². The molecule has 1 aliphatic heterocycles. The van der Waals surface area contributed by atoms with Crippen molar-refractivity contribution in [2.45, 2.75) is 13.3 Å². The number of rotatable bonds is 1. The van der Waals surface area contributed by atoms with Crippen LogP contribution in [0.25, 0.3) is 15.8 Å². The van der Waals surface area contributed by atoms with Crippen molar-refractivity contribution < 1.29 is 0 Å². The van der Waals surface area contributed by atoms with E-state index in [1.807, 2.05) is 17.5 Å². The summed E-state index contributed by atoms with van der Waals surface area (Å²) in [5.41, 5.74) is 3.94. The first-order chi connectivity index (χ1) is 7.84. The Labute approximate surface area is 99.0 Å². The first kappa shape index (κ1) is 10.00. The van der Waals surface area contributed by atoms with E-state index in [0.717, 1.165) is 25.0 Å². The van der Waals surface area contributed by atoms with Crippen LogP contribution in [0.1, 0.15) is 16.9 Å². The average Bonchev–Trinajstić information content (AvgIpc) is 2.76. The maximum atomic E-state index is 4.43. The van der Waals surface area contributed by atoms with E-state index in [1.165, 1.54) is 20.7 Å². The number of hydrogen-bond acceptors (Lipinski definition) is 3. The molecule has 0 amide bonds. The van der Waals surface area contributed by atoms with Gasteiger partial charge in [-0.15, -0.1) is 11.3 Å². The zero-order valence-corrected chi connectivity index (χ0v) is 10.1. The van der Waals surface area contributed by atoms with E-state index in [9.17, 15) is 0 Å². The third-order valence-electron chi connectivity index (χ3n) is 2.99. The number of hydrogen-bond donors (Lipinski definition) is 1. The molecule has 3 rings (SSSR count). The molecule has 0 saturated carbocycles. The minimum absolute atomic E-state index is 0.996. The topological polar surface area (TPSA) is 24.9 Å². The standard InChI is InChI=1S/C13H14N2S/c1-9-2-7-15-11-8-12(16-13(9)11)10-3-5-14-6-4-10/h2-3,7-8,14H,4-6H2,1H3. The number of aryl methyl sites for hydroxylation is 1. The summed E-state index contributed by atoms with van der Waals surface area (Å²) in [5, 5.41) is 3.34. The number of thiophene rings is 1. The third-order valence-corrected chi connectivity index (χ3v) is 4.32. The molecule has 82 valence electrons. The monoisotopic (exact) mass is 230 g/mol. The molecule has 0 fully saturated rings. The Kier molecular flexibility index (Phi) is 2.50. The van der Waals surface area contributed by atoms with Crippen molar-refractivity contribution in [3.05, 3.63) is 34.8 Å². The highest BCUT2D eigenvalue weighted by Crippen LogP contribution is 2.33. The normalized spacial score (nSPS) is 16.4. The second kappa shape index (κ2) is 4.00. The van der Waals surface area contributed by atoms with E-state index in [4.69, 9.17) is 0 Å². The molecule has 0 spiro atoms. The zero-order chi connectivity index (χ0) is 11.0. The number of nitrogens with zero attached hydrogens (tertiary/aromatic N) is 1. The van der Waals surface area contributed by atoms with Gasteiger partial charge < -0.3 is 5.32 Å². The fraction of sp³-hybridized carbons (Fsp3) is 0.308. The quantitative estimate of drug-likeness (QED) is 0.814. The largest absolute Gasteiger partial charge is 0.313 e. The zero-order valence-electron chi connectivity index (χ0n) is 9.29. The smallest absolute Gasteiger partial charge is 0.0818 e. The molecule has 0 atom stereocenters. The molecule has 0 bridgehead atoms.